The summed E-state index contributed by atoms with van der Waals surface area (Å²) in [4.78, 5) is 25.4. The van der Waals surface area contributed by atoms with Crippen molar-refractivity contribution >= 4 is 17.6 Å². The highest BCUT2D eigenvalue weighted by Gasteiger charge is 2.06. The Bertz CT molecular complexity index is 846. The fraction of sp³-hybridized carbons (Fsp3) is 0.300. The summed E-state index contributed by atoms with van der Waals surface area (Å²) in [6, 6.07) is 9.99. The van der Waals surface area contributed by atoms with Gasteiger partial charge in [0.05, 0.1) is 13.1 Å². The summed E-state index contributed by atoms with van der Waals surface area (Å²) >= 11 is 0. The minimum Gasteiger partial charge on any atom is -0.492 e. The SMILES string of the molecule is CN(C)CC(=O)Nc1cccc(CNC(=O)NCCOc2ccc(F)c(F)c2)c1. The molecule has 0 aliphatic rings. The van der Waals surface area contributed by atoms with Crippen LogP contribution in [0, 0.1) is 11.6 Å². The van der Waals surface area contributed by atoms with E-state index in [9.17, 15) is 18.4 Å². The van der Waals surface area contributed by atoms with Gasteiger partial charge in [0.2, 0.25) is 5.91 Å². The van der Waals surface area contributed by atoms with E-state index in [2.05, 4.69) is 16.0 Å². The molecule has 0 aromatic heterocycles. The van der Waals surface area contributed by atoms with Gasteiger partial charge in [-0.25, -0.2) is 13.6 Å². The number of nitrogens with zero attached hydrogens (tertiary/aromatic N) is 1. The molecule has 3 N–H and O–H groups in total. The number of halogens is 2. The Morgan fingerprint density at radius 2 is 1.83 bits per heavy atom. The minimum atomic E-state index is -0.992. The molecule has 7 nitrogen and oxygen atoms in total. The quantitative estimate of drug-likeness (QED) is 0.559. The van der Waals surface area contributed by atoms with Crippen LogP contribution in [-0.4, -0.2) is 50.6 Å². The molecular weight excluding hydrogens is 382 g/mol. The van der Waals surface area contributed by atoms with Gasteiger partial charge in [-0.15, -0.1) is 0 Å². The molecule has 9 heteroatoms. The predicted molar refractivity (Wildman–Crippen MR) is 106 cm³/mol. The van der Waals surface area contributed by atoms with Crippen molar-refractivity contribution in [3.8, 4) is 5.75 Å². The topological polar surface area (TPSA) is 82.7 Å². The van der Waals surface area contributed by atoms with Gasteiger partial charge >= 0.3 is 6.03 Å². The van der Waals surface area contributed by atoms with Crippen LogP contribution in [0.1, 0.15) is 5.56 Å². The van der Waals surface area contributed by atoms with Crippen LogP contribution < -0.4 is 20.7 Å². The first-order valence-electron chi connectivity index (χ1n) is 8.96. The Morgan fingerprint density at radius 1 is 1.03 bits per heavy atom. The average molecular weight is 406 g/mol. The molecule has 0 aliphatic carbocycles. The first-order valence-corrected chi connectivity index (χ1v) is 8.96. The predicted octanol–water partition coefficient (Wildman–Crippen LogP) is 2.34. The number of rotatable bonds is 9. The van der Waals surface area contributed by atoms with Crippen LogP contribution in [-0.2, 0) is 11.3 Å². The number of likely N-dealkylation sites (N-methyl/N-ethyl adjacent to an activating group) is 1. The first kappa shape index (κ1) is 22.1. The molecular formula is C20H24F2N4O3. The molecule has 0 aliphatic heterocycles. The summed E-state index contributed by atoms with van der Waals surface area (Å²) in [7, 11) is 3.61. The summed E-state index contributed by atoms with van der Waals surface area (Å²) in [5.41, 5.74) is 1.47. The number of nitrogens with one attached hydrogen (secondary N) is 3. The Balaban J connectivity index is 1.70. The largest absolute Gasteiger partial charge is 0.492 e. The van der Waals surface area contributed by atoms with Crippen LogP contribution in [0.5, 0.6) is 5.75 Å². The van der Waals surface area contributed by atoms with Crippen molar-refractivity contribution < 1.29 is 23.1 Å². The zero-order chi connectivity index (χ0) is 21.2. The highest BCUT2D eigenvalue weighted by atomic mass is 19.2. The standard InChI is InChI=1S/C20H24F2N4O3/c1-26(2)13-19(27)25-15-5-3-4-14(10-15)12-24-20(28)23-8-9-29-16-6-7-17(21)18(22)11-16/h3-7,10-11H,8-9,12-13H2,1-2H3,(H,25,27)(H2,23,24,28). The molecule has 0 saturated carbocycles. The minimum absolute atomic E-state index is 0.103. The number of carbonyl (C=O) groups excluding carboxylic acids is 2. The molecule has 0 unspecified atom stereocenters. The van der Waals surface area contributed by atoms with Crippen LogP contribution in [0.4, 0.5) is 19.3 Å². The Morgan fingerprint density at radius 3 is 2.55 bits per heavy atom. The lowest BCUT2D eigenvalue weighted by Gasteiger charge is -2.12. The summed E-state index contributed by atoms with van der Waals surface area (Å²) in [5.74, 6) is -1.89. The molecule has 2 aromatic carbocycles. The maximum absolute atomic E-state index is 13.1. The average Bonchev–Trinajstić information content (AvgIpc) is 2.66. The molecule has 0 bridgehead atoms. The van der Waals surface area contributed by atoms with E-state index in [1.54, 1.807) is 23.1 Å². The third kappa shape index (κ3) is 8.14. The van der Waals surface area contributed by atoms with E-state index in [0.717, 1.165) is 17.7 Å². The normalized spacial score (nSPS) is 10.5. The molecule has 0 radical (unpaired) electrons. The molecule has 0 fully saturated rings. The summed E-state index contributed by atoms with van der Waals surface area (Å²) in [5, 5.41) is 8.08. The lowest BCUT2D eigenvalue weighted by Crippen LogP contribution is -2.37. The van der Waals surface area contributed by atoms with Gasteiger partial charge in [0.15, 0.2) is 11.6 Å². The molecule has 156 valence electrons. The second-order valence-corrected chi connectivity index (χ2v) is 6.52. The van der Waals surface area contributed by atoms with Crippen molar-refractivity contribution in [1.29, 1.82) is 0 Å². The highest BCUT2D eigenvalue weighted by molar-refractivity contribution is 5.92. The number of ether oxygens (including phenoxy) is 1. The van der Waals surface area contributed by atoms with Crippen LogP contribution in [0.2, 0.25) is 0 Å². The summed E-state index contributed by atoms with van der Waals surface area (Å²) in [6.45, 7) is 0.835. The van der Waals surface area contributed by atoms with E-state index in [1.807, 2.05) is 20.2 Å². The Kier molecular flexibility index (Phi) is 8.35. The van der Waals surface area contributed by atoms with Gasteiger partial charge in [0, 0.05) is 18.3 Å². The number of benzene rings is 2. The fourth-order valence-corrected chi connectivity index (χ4v) is 2.39. The molecule has 0 spiro atoms. The van der Waals surface area contributed by atoms with Crippen molar-refractivity contribution in [1.82, 2.24) is 15.5 Å². The fourth-order valence-electron chi connectivity index (χ4n) is 2.39. The van der Waals surface area contributed by atoms with Gasteiger partial charge in [-0.05, 0) is 43.9 Å². The second kappa shape index (κ2) is 11.0. The molecule has 0 atom stereocenters. The molecule has 3 amide bonds. The van der Waals surface area contributed by atoms with E-state index < -0.39 is 17.7 Å². The monoisotopic (exact) mass is 406 g/mol. The first-order chi connectivity index (χ1) is 13.8. The lowest BCUT2D eigenvalue weighted by atomic mass is 10.2. The van der Waals surface area contributed by atoms with Gasteiger partial charge < -0.3 is 25.6 Å². The van der Waals surface area contributed by atoms with Gasteiger partial charge in [-0.1, -0.05) is 12.1 Å². The number of hydrogen-bond donors (Lipinski definition) is 3. The number of hydrogen-bond acceptors (Lipinski definition) is 4. The van der Waals surface area contributed by atoms with Crippen LogP contribution in [0.3, 0.4) is 0 Å². The number of carbonyl (C=O) groups is 2. The molecule has 2 rings (SSSR count). The van der Waals surface area contributed by atoms with Crippen LogP contribution in [0.25, 0.3) is 0 Å². The molecule has 0 heterocycles. The van der Waals surface area contributed by atoms with E-state index in [4.69, 9.17) is 4.74 Å². The third-order valence-electron chi connectivity index (χ3n) is 3.67. The van der Waals surface area contributed by atoms with Gasteiger partial charge in [0.25, 0.3) is 0 Å². The number of amides is 3. The van der Waals surface area contributed by atoms with E-state index in [1.165, 1.54) is 6.07 Å². The van der Waals surface area contributed by atoms with Gasteiger partial charge in [-0.2, -0.15) is 0 Å². The maximum atomic E-state index is 13.1. The molecule has 2 aromatic rings. The van der Waals surface area contributed by atoms with Crippen molar-refractivity contribution in [3.05, 3.63) is 59.7 Å². The third-order valence-corrected chi connectivity index (χ3v) is 3.67. The van der Waals surface area contributed by atoms with Crippen molar-refractivity contribution in [2.75, 3.05) is 39.1 Å². The van der Waals surface area contributed by atoms with E-state index in [-0.39, 0.29) is 37.9 Å². The number of urea groups is 1. The van der Waals surface area contributed by atoms with Crippen molar-refractivity contribution in [3.63, 3.8) is 0 Å². The highest BCUT2D eigenvalue weighted by Crippen LogP contribution is 2.15. The summed E-state index contributed by atoms with van der Waals surface area (Å²) in [6.07, 6.45) is 0. The van der Waals surface area contributed by atoms with E-state index >= 15 is 0 Å². The smallest absolute Gasteiger partial charge is 0.315 e. The maximum Gasteiger partial charge on any atom is 0.315 e. The van der Waals surface area contributed by atoms with Crippen LogP contribution >= 0.6 is 0 Å². The zero-order valence-corrected chi connectivity index (χ0v) is 16.3. The second-order valence-electron chi connectivity index (χ2n) is 6.52. The Hall–Kier alpha value is -3.20. The molecule has 29 heavy (non-hydrogen) atoms. The zero-order valence-electron chi connectivity index (χ0n) is 16.3. The van der Waals surface area contributed by atoms with Gasteiger partial charge in [-0.3, -0.25) is 4.79 Å². The lowest BCUT2D eigenvalue weighted by molar-refractivity contribution is -0.116. The van der Waals surface area contributed by atoms with Gasteiger partial charge in [0.1, 0.15) is 12.4 Å². The molecule has 0 saturated heterocycles. The Labute approximate surface area is 168 Å². The summed E-state index contributed by atoms with van der Waals surface area (Å²) < 4.78 is 31.2. The van der Waals surface area contributed by atoms with Crippen molar-refractivity contribution in [2.24, 2.45) is 0 Å². The van der Waals surface area contributed by atoms with E-state index in [0.29, 0.717) is 5.69 Å². The number of anilines is 1. The van der Waals surface area contributed by atoms with Crippen molar-refractivity contribution in [2.45, 2.75) is 6.54 Å². The van der Waals surface area contributed by atoms with Crippen LogP contribution in [0.15, 0.2) is 42.5 Å².